The molecule has 0 saturated carbocycles. The Morgan fingerprint density at radius 1 is 1.28 bits per heavy atom. The number of benzene rings is 1. The van der Waals surface area contributed by atoms with Crippen molar-refractivity contribution in [3.63, 3.8) is 0 Å². The highest BCUT2D eigenvalue weighted by atomic mass is 79.9. The van der Waals surface area contributed by atoms with E-state index in [1.807, 2.05) is 0 Å². The van der Waals surface area contributed by atoms with Crippen LogP contribution in [0.3, 0.4) is 0 Å². The van der Waals surface area contributed by atoms with Crippen molar-refractivity contribution in [2.75, 3.05) is 0 Å². The molecule has 4 nitrogen and oxygen atoms in total. The van der Waals surface area contributed by atoms with Crippen LogP contribution < -0.4 is 5.01 Å². The van der Waals surface area contributed by atoms with Gasteiger partial charge in [-0.05, 0) is 11.6 Å². The lowest BCUT2D eigenvalue weighted by Gasteiger charge is -2.11. The Kier molecular flexibility index (Phi) is 3.49. The van der Waals surface area contributed by atoms with Crippen LogP contribution >= 0.6 is 15.9 Å². The fraction of sp³-hybridized carbons (Fsp3) is 0.300. The van der Waals surface area contributed by atoms with E-state index in [0.717, 1.165) is 12.1 Å². The molecule has 2 rings (SSSR count). The number of nitrogens with one attached hydrogen (secondary N) is 1. The van der Waals surface area contributed by atoms with E-state index >= 15 is 0 Å². The summed E-state index contributed by atoms with van der Waals surface area (Å²) in [6, 6.07) is 3.81. The number of hydrogen-bond donors (Lipinski definition) is 1. The van der Waals surface area contributed by atoms with Crippen molar-refractivity contribution in [3.8, 4) is 0 Å². The van der Waals surface area contributed by atoms with E-state index in [9.17, 15) is 13.2 Å². The first kappa shape index (κ1) is 13.2. The third-order valence-electron chi connectivity index (χ3n) is 2.43. The molecular formula is C10H9BrF3N4+. The lowest BCUT2D eigenvalue weighted by atomic mass is 10.1. The fourth-order valence-corrected chi connectivity index (χ4v) is 1.91. The van der Waals surface area contributed by atoms with Gasteiger partial charge in [-0.25, -0.2) is 0 Å². The van der Waals surface area contributed by atoms with E-state index in [1.54, 1.807) is 13.0 Å². The maximum atomic E-state index is 12.8. The maximum Gasteiger partial charge on any atom is 0.416 e. The van der Waals surface area contributed by atoms with Crippen molar-refractivity contribution in [2.45, 2.75) is 18.4 Å². The smallest absolute Gasteiger partial charge is 0.166 e. The van der Waals surface area contributed by atoms with Gasteiger partial charge in [0.15, 0.2) is 5.69 Å². The minimum atomic E-state index is -4.38. The van der Waals surface area contributed by atoms with E-state index in [4.69, 9.17) is 0 Å². The Hall–Kier alpha value is -1.28. The molecule has 0 spiro atoms. The zero-order valence-corrected chi connectivity index (χ0v) is 10.9. The minimum Gasteiger partial charge on any atom is -0.166 e. The fourth-order valence-electron chi connectivity index (χ4n) is 1.59. The number of hydrogen-bond acceptors (Lipinski definition) is 3. The topological polar surface area (TPSA) is 41.5 Å². The summed E-state index contributed by atoms with van der Waals surface area (Å²) in [5.74, 6) is 0.509. The summed E-state index contributed by atoms with van der Waals surface area (Å²) in [4.78, 5) is 0. The first-order valence-corrected chi connectivity index (χ1v) is 6.14. The summed E-state index contributed by atoms with van der Waals surface area (Å²) >= 11 is 3.16. The Labute approximate surface area is 109 Å². The normalized spacial score (nSPS) is 19.2. The second kappa shape index (κ2) is 4.77. The number of rotatable bonds is 2. The zero-order valence-electron chi connectivity index (χ0n) is 9.29. The molecule has 18 heavy (non-hydrogen) atoms. The van der Waals surface area contributed by atoms with E-state index in [0.29, 0.717) is 27.4 Å². The molecule has 0 fully saturated rings. The summed E-state index contributed by atoms with van der Waals surface area (Å²) in [6.07, 6.45) is -4.38. The summed E-state index contributed by atoms with van der Waals surface area (Å²) in [6.45, 7) is 1.66. The van der Waals surface area contributed by atoms with Gasteiger partial charge < -0.3 is 0 Å². The number of halogens is 4. The molecule has 0 bridgehead atoms. The summed E-state index contributed by atoms with van der Waals surface area (Å²) in [7, 11) is 0. The molecule has 1 aromatic carbocycles. The third kappa shape index (κ3) is 2.59. The molecule has 1 unspecified atom stereocenters. The first-order chi connectivity index (χ1) is 8.41. The Bertz CT molecular complexity index is 524. The predicted molar refractivity (Wildman–Crippen MR) is 62.7 cm³/mol. The van der Waals surface area contributed by atoms with Gasteiger partial charge in [0.2, 0.25) is 0 Å². The summed E-state index contributed by atoms with van der Waals surface area (Å²) in [5.41, 5.74) is 0.209. The van der Waals surface area contributed by atoms with Gasteiger partial charge in [-0.2, -0.15) is 13.2 Å². The molecular weight excluding hydrogens is 313 g/mol. The monoisotopic (exact) mass is 321 g/mol. The predicted octanol–water partition coefficient (Wildman–Crippen LogP) is 2.83. The largest absolute Gasteiger partial charge is 0.416 e. The third-order valence-corrected chi connectivity index (χ3v) is 3.08. The maximum absolute atomic E-state index is 12.8. The summed E-state index contributed by atoms with van der Waals surface area (Å²) < 4.78 is 38.3. The van der Waals surface area contributed by atoms with Crippen LogP contribution in [0.4, 0.5) is 18.9 Å². The molecule has 0 saturated heterocycles. The van der Waals surface area contributed by atoms with E-state index in [2.05, 4.69) is 31.5 Å². The van der Waals surface area contributed by atoms with Crippen LogP contribution in [-0.2, 0) is 11.5 Å². The number of amidine groups is 1. The van der Waals surface area contributed by atoms with Crippen molar-refractivity contribution >= 4 is 27.5 Å². The second-order valence-electron chi connectivity index (χ2n) is 3.77. The highest BCUT2D eigenvalue weighted by Crippen LogP contribution is 2.31. The molecule has 8 heteroatoms. The van der Waals surface area contributed by atoms with Gasteiger partial charge in [0.05, 0.1) is 10.8 Å². The van der Waals surface area contributed by atoms with E-state index in [1.165, 1.54) is 0 Å². The van der Waals surface area contributed by atoms with Gasteiger partial charge >= 0.3 is 6.18 Å². The molecule has 0 aliphatic carbocycles. The quantitative estimate of drug-likeness (QED) is 0.814. The molecule has 0 aromatic heterocycles. The molecule has 1 aliphatic rings. The van der Waals surface area contributed by atoms with Gasteiger partial charge in [0.25, 0.3) is 5.84 Å². The lowest BCUT2D eigenvalue weighted by molar-refractivity contribution is -0.740. The van der Waals surface area contributed by atoms with Crippen molar-refractivity contribution in [2.24, 2.45) is 15.5 Å². The Morgan fingerprint density at radius 2 is 2.00 bits per heavy atom. The standard InChI is InChI=1S/C10H8BrF3N4/c1-6-15-16-17-18(6)9-3-7(5-11)2-8(4-9)10(12,13)14/h2-4H,5H2,1H3/p+1. The summed E-state index contributed by atoms with van der Waals surface area (Å²) in [5, 5.41) is 11.6. The molecule has 1 aromatic rings. The van der Waals surface area contributed by atoms with Crippen LogP contribution in [0.25, 0.3) is 0 Å². The van der Waals surface area contributed by atoms with Crippen LogP contribution in [0.2, 0.25) is 0 Å². The van der Waals surface area contributed by atoms with Crippen molar-refractivity contribution in [1.29, 1.82) is 0 Å². The van der Waals surface area contributed by atoms with Gasteiger partial charge in [-0.3, -0.25) is 0 Å². The number of quaternary nitrogens is 1. The van der Waals surface area contributed by atoms with Gasteiger partial charge in [0.1, 0.15) is 0 Å². The van der Waals surface area contributed by atoms with Gasteiger partial charge in [-0.1, -0.05) is 21.0 Å². The molecule has 96 valence electrons. The Balaban J connectivity index is 2.48. The van der Waals surface area contributed by atoms with Crippen LogP contribution in [0.15, 0.2) is 33.7 Å². The first-order valence-electron chi connectivity index (χ1n) is 5.02. The zero-order chi connectivity index (χ0) is 13.3. The minimum absolute atomic E-state index is 0.338. The number of alkyl halides is 4. The van der Waals surface area contributed by atoms with E-state index < -0.39 is 11.7 Å². The Morgan fingerprint density at radius 3 is 2.50 bits per heavy atom. The molecule has 1 heterocycles. The van der Waals surface area contributed by atoms with Crippen molar-refractivity contribution < 1.29 is 18.2 Å². The van der Waals surface area contributed by atoms with Crippen molar-refractivity contribution in [1.82, 2.24) is 0 Å². The molecule has 0 radical (unpaired) electrons. The number of nitrogens with zero attached hydrogens (tertiary/aromatic N) is 3. The van der Waals surface area contributed by atoms with Crippen LogP contribution in [0, 0.1) is 0 Å². The SMILES string of the molecule is CC1=NN=N[NH+]1c1cc(CBr)cc(C(F)(F)F)c1. The van der Waals surface area contributed by atoms with Crippen LogP contribution in [-0.4, -0.2) is 5.84 Å². The highest BCUT2D eigenvalue weighted by molar-refractivity contribution is 9.08. The van der Waals surface area contributed by atoms with Gasteiger partial charge in [0, 0.05) is 29.6 Å². The highest BCUT2D eigenvalue weighted by Gasteiger charge is 2.33. The van der Waals surface area contributed by atoms with Crippen molar-refractivity contribution in [3.05, 3.63) is 29.3 Å². The van der Waals surface area contributed by atoms with Crippen LogP contribution in [0.1, 0.15) is 18.1 Å². The average molecular weight is 322 g/mol. The average Bonchev–Trinajstić information content (AvgIpc) is 2.73. The molecule has 0 amide bonds. The lowest BCUT2D eigenvalue weighted by Crippen LogP contribution is -3.03. The molecule has 1 N–H and O–H groups in total. The molecule has 1 atom stereocenters. The van der Waals surface area contributed by atoms with Crippen LogP contribution in [0.5, 0.6) is 0 Å². The second-order valence-corrected chi connectivity index (χ2v) is 4.33. The van der Waals surface area contributed by atoms with E-state index in [-0.39, 0.29) is 0 Å². The molecule has 1 aliphatic heterocycles. The van der Waals surface area contributed by atoms with Gasteiger partial charge in [-0.15, -0.1) is 5.01 Å².